The zero-order valence-electron chi connectivity index (χ0n) is 9.69. The van der Waals surface area contributed by atoms with E-state index in [-0.39, 0.29) is 6.03 Å². The standard InChI is InChI=1S/C12H21N3O/c13-8-6-10-4-5-11(7-8)15(10)12(16)14-9-2-1-3-9/h8-11H,1-7,13H2,(H,14,16). The van der Waals surface area contributed by atoms with Crippen molar-refractivity contribution in [3.63, 3.8) is 0 Å². The van der Waals surface area contributed by atoms with Crippen molar-refractivity contribution in [2.24, 2.45) is 5.73 Å². The summed E-state index contributed by atoms with van der Waals surface area (Å²) in [5.41, 5.74) is 6.00. The van der Waals surface area contributed by atoms with Crippen molar-refractivity contribution in [3.05, 3.63) is 0 Å². The molecule has 1 saturated carbocycles. The minimum Gasteiger partial charge on any atom is -0.335 e. The molecule has 3 rings (SSSR count). The second-order valence-corrected chi connectivity index (χ2v) is 5.60. The summed E-state index contributed by atoms with van der Waals surface area (Å²) in [6.07, 6.45) is 7.88. The molecule has 2 amide bonds. The lowest BCUT2D eigenvalue weighted by molar-refractivity contribution is 0.132. The number of carbonyl (C=O) groups excluding carboxylic acids is 1. The number of piperidine rings is 1. The van der Waals surface area contributed by atoms with Crippen LogP contribution < -0.4 is 11.1 Å². The van der Waals surface area contributed by atoms with Crippen molar-refractivity contribution in [2.45, 2.75) is 69.1 Å². The number of nitrogens with zero attached hydrogens (tertiary/aromatic N) is 1. The molecule has 3 aliphatic rings. The summed E-state index contributed by atoms with van der Waals surface area (Å²) in [6.45, 7) is 0. The zero-order chi connectivity index (χ0) is 11.1. The van der Waals surface area contributed by atoms with E-state index < -0.39 is 0 Å². The van der Waals surface area contributed by atoms with E-state index in [9.17, 15) is 4.79 Å². The number of nitrogens with one attached hydrogen (secondary N) is 1. The first-order valence-corrected chi connectivity index (χ1v) is 6.58. The molecule has 2 aliphatic heterocycles. The quantitative estimate of drug-likeness (QED) is 0.702. The summed E-state index contributed by atoms with van der Waals surface area (Å²) in [5, 5.41) is 3.15. The van der Waals surface area contributed by atoms with Crippen LogP contribution in [-0.2, 0) is 0 Å². The minimum atomic E-state index is 0.170. The van der Waals surface area contributed by atoms with E-state index in [1.165, 1.54) is 6.42 Å². The zero-order valence-corrected chi connectivity index (χ0v) is 9.69. The molecule has 90 valence electrons. The summed E-state index contributed by atoms with van der Waals surface area (Å²) in [5.74, 6) is 0. The smallest absolute Gasteiger partial charge is 0.318 e. The van der Waals surface area contributed by atoms with E-state index in [4.69, 9.17) is 5.73 Å². The molecule has 0 radical (unpaired) electrons. The van der Waals surface area contributed by atoms with E-state index in [2.05, 4.69) is 10.2 Å². The molecular formula is C12H21N3O. The summed E-state index contributed by atoms with van der Waals surface area (Å²) < 4.78 is 0. The number of urea groups is 1. The van der Waals surface area contributed by atoms with Crippen molar-refractivity contribution in [2.75, 3.05) is 0 Å². The van der Waals surface area contributed by atoms with Gasteiger partial charge in [0.2, 0.25) is 0 Å². The average Bonchev–Trinajstić information content (AvgIpc) is 2.45. The molecule has 0 aromatic carbocycles. The van der Waals surface area contributed by atoms with Crippen molar-refractivity contribution >= 4 is 6.03 Å². The van der Waals surface area contributed by atoms with E-state index in [0.717, 1.165) is 38.5 Å². The van der Waals surface area contributed by atoms with Gasteiger partial charge in [0.25, 0.3) is 0 Å². The molecule has 4 nitrogen and oxygen atoms in total. The van der Waals surface area contributed by atoms with Crippen LogP contribution in [0, 0.1) is 0 Å². The number of hydrogen-bond acceptors (Lipinski definition) is 2. The van der Waals surface area contributed by atoms with Crippen LogP contribution in [0.3, 0.4) is 0 Å². The fourth-order valence-corrected chi connectivity index (χ4v) is 3.35. The molecule has 4 heteroatoms. The Labute approximate surface area is 96.5 Å². The summed E-state index contributed by atoms with van der Waals surface area (Å²) in [6, 6.07) is 1.75. The molecule has 2 heterocycles. The first-order valence-electron chi connectivity index (χ1n) is 6.58. The van der Waals surface area contributed by atoms with Gasteiger partial charge in [-0.1, -0.05) is 0 Å². The molecule has 2 unspecified atom stereocenters. The van der Waals surface area contributed by atoms with Crippen molar-refractivity contribution in [3.8, 4) is 0 Å². The molecular weight excluding hydrogens is 202 g/mol. The van der Waals surface area contributed by atoms with E-state index in [1.807, 2.05) is 0 Å². The van der Waals surface area contributed by atoms with Crippen molar-refractivity contribution in [1.29, 1.82) is 0 Å². The van der Waals surface area contributed by atoms with Gasteiger partial charge in [-0.05, 0) is 44.9 Å². The second-order valence-electron chi connectivity index (χ2n) is 5.60. The number of amides is 2. The van der Waals surface area contributed by atoms with Gasteiger partial charge in [-0.25, -0.2) is 4.79 Å². The van der Waals surface area contributed by atoms with Gasteiger partial charge >= 0.3 is 6.03 Å². The Morgan fingerprint density at radius 2 is 1.75 bits per heavy atom. The number of rotatable bonds is 1. The second kappa shape index (κ2) is 3.91. The van der Waals surface area contributed by atoms with Crippen LogP contribution in [0.1, 0.15) is 44.9 Å². The molecule has 0 aromatic heterocycles. The lowest BCUT2D eigenvalue weighted by Crippen LogP contribution is -2.55. The maximum absolute atomic E-state index is 12.1. The van der Waals surface area contributed by atoms with Crippen LogP contribution in [0.4, 0.5) is 4.79 Å². The lowest BCUT2D eigenvalue weighted by Gasteiger charge is -2.39. The molecule has 0 aromatic rings. The number of fused-ring (bicyclic) bond motifs is 2. The highest BCUT2D eigenvalue weighted by atomic mass is 16.2. The fraction of sp³-hybridized carbons (Fsp3) is 0.917. The van der Waals surface area contributed by atoms with Gasteiger partial charge < -0.3 is 16.0 Å². The predicted octanol–water partition coefficient (Wildman–Crippen LogP) is 1.20. The monoisotopic (exact) mass is 223 g/mol. The first kappa shape index (κ1) is 10.4. The van der Waals surface area contributed by atoms with Gasteiger partial charge in [-0.3, -0.25) is 0 Å². The maximum Gasteiger partial charge on any atom is 0.318 e. The van der Waals surface area contributed by atoms with Crippen LogP contribution >= 0.6 is 0 Å². The van der Waals surface area contributed by atoms with Crippen molar-refractivity contribution in [1.82, 2.24) is 10.2 Å². The fourth-order valence-electron chi connectivity index (χ4n) is 3.35. The van der Waals surface area contributed by atoms with Crippen molar-refractivity contribution < 1.29 is 4.79 Å². The van der Waals surface area contributed by atoms with Gasteiger partial charge in [0.1, 0.15) is 0 Å². The normalized spacial score (nSPS) is 38.3. The molecule has 1 aliphatic carbocycles. The van der Waals surface area contributed by atoms with E-state index >= 15 is 0 Å². The highest BCUT2D eigenvalue weighted by molar-refractivity contribution is 5.76. The van der Waals surface area contributed by atoms with Crippen LogP contribution in [0.25, 0.3) is 0 Å². The largest absolute Gasteiger partial charge is 0.335 e. The molecule has 3 N–H and O–H groups in total. The Kier molecular flexibility index (Phi) is 2.54. The van der Waals surface area contributed by atoms with Crippen LogP contribution in [0.2, 0.25) is 0 Å². The third-order valence-electron chi connectivity index (χ3n) is 4.44. The Hall–Kier alpha value is -0.770. The predicted molar refractivity (Wildman–Crippen MR) is 62.0 cm³/mol. The van der Waals surface area contributed by atoms with Crippen LogP contribution in [0.15, 0.2) is 0 Å². The molecule has 2 saturated heterocycles. The highest BCUT2D eigenvalue weighted by Crippen LogP contribution is 2.35. The third-order valence-corrected chi connectivity index (χ3v) is 4.44. The summed E-state index contributed by atoms with van der Waals surface area (Å²) in [7, 11) is 0. The number of hydrogen-bond donors (Lipinski definition) is 2. The van der Waals surface area contributed by atoms with Gasteiger partial charge in [0.05, 0.1) is 0 Å². The van der Waals surface area contributed by atoms with Gasteiger partial charge in [0, 0.05) is 24.2 Å². The first-order chi connectivity index (χ1) is 7.74. The Morgan fingerprint density at radius 1 is 1.12 bits per heavy atom. The Morgan fingerprint density at radius 3 is 2.25 bits per heavy atom. The Balaban J connectivity index is 1.63. The molecule has 16 heavy (non-hydrogen) atoms. The van der Waals surface area contributed by atoms with E-state index in [1.54, 1.807) is 0 Å². The molecule has 3 fully saturated rings. The van der Waals surface area contributed by atoms with Gasteiger partial charge in [-0.15, -0.1) is 0 Å². The number of nitrogens with two attached hydrogens (primary N) is 1. The van der Waals surface area contributed by atoms with Gasteiger partial charge in [-0.2, -0.15) is 0 Å². The maximum atomic E-state index is 12.1. The minimum absolute atomic E-state index is 0.170. The SMILES string of the molecule is NC1CC2CCC(C1)N2C(=O)NC1CCC1. The van der Waals surface area contributed by atoms with Crippen LogP contribution in [0.5, 0.6) is 0 Å². The Bertz CT molecular complexity index is 276. The summed E-state index contributed by atoms with van der Waals surface area (Å²) in [4.78, 5) is 14.2. The van der Waals surface area contributed by atoms with E-state index in [0.29, 0.717) is 24.2 Å². The average molecular weight is 223 g/mol. The summed E-state index contributed by atoms with van der Waals surface area (Å²) >= 11 is 0. The number of carbonyl (C=O) groups is 1. The molecule has 0 spiro atoms. The van der Waals surface area contributed by atoms with Crippen LogP contribution in [-0.4, -0.2) is 35.1 Å². The third kappa shape index (κ3) is 1.69. The molecule has 2 atom stereocenters. The lowest BCUT2D eigenvalue weighted by atomic mass is 9.93. The molecule has 2 bridgehead atoms. The van der Waals surface area contributed by atoms with Gasteiger partial charge in [0.15, 0.2) is 0 Å². The topological polar surface area (TPSA) is 58.4 Å². The highest BCUT2D eigenvalue weighted by Gasteiger charge is 2.42.